The summed E-state index contributed by atoms with van der Waals surface area (Å²) < 4.78 is 53.8. The molecule has 3 nitrogen and oxygen atoms in total. The first kappa shape index (κ1) is 16.0. The molecular formula is C14H18F4N2O. The minimum atomic E-state index is -4.88. The summed E-state index contributed by atoms with van der Waals surface area (Å²) in [5.41, 5.74) is 0.673. The zero-order chi connectivity index (χ0) is 15.5. The topological polar surface area (TPSA) is 24.5 Å². The minimum Gasteiger partial charge on any atom is -0.403 e. The summed E-state index contributed by atoms with van der Waals surface area (Å²) in [6.07, 6.45) is -4.12. The quantitative estimate of drug-likeness (QED) is 0.865. The second kappa shape index (κ2) is 6.62. The van der Waals surface area contributed by atoms with Crippen LogP contribution in [-0.2, 0) is 0 Å². The number of nitrogens with zero attached hydrogens (tertiary/aromatic N) is 1. The van der Waals surface area contributed by atoms with Gasteiger partial charge in [0.05, 0.1) is 0 Å². The van der Waals surface area contributed by atoms with Crippen molar-refractivity contribution in [2.75, 3.05) is 26.2 Å². The van der Waals surface area contributed by atoms with Crippen molar-refractivity contribution in [3.8, 4) is 5.75 Å². The summed E-state index contributed by atoms with van der Waals surface area (Å²) >= 11 is 0. The van der Waals surface area contributed by atoms with Crippen LogP contribution in [0.5, 0.6) is 5.75 Å². The second-order valence-electron chi connectivity index (χ2n) is 4.95. The maximum atomic E-state index is 13.8. The molecule has 2 rings (SSSR count). The van der Waals surface area contributed by atoms with E-state index in [9.17, 15) is 17.6 Å². The third-order valence-corrected chi connectivity index (χ3v) is 3.55. The maximum Gasteiger partial charge on any atom is 0.573 e. The lowest BCUT2D eigenvalue weighted by molar-refractivity contribution is -0.275. The van der Waals surface area contributed by atoms with Gasteiger partial charge in [-0.1, -0.05) is 13.0 Å². The molecule has 7 heteroatoms. The van der Waals surface area contributed by atoms with Crippen molar-refractivity contribution < 1.29 is 22.3 Å². The van der Waals surface area contributed by atoms with Crippen LogP contribution in [-0.4, -0.2) is 37.4 Å². The largest absolute Gasteiger partial charge is 0.573 e. The fourth-order valence-corrected chi connectivity index (χ4v) is 2.63. The number of benzene rings is 1. The fourth-order valence-electron chi connectivity index (χ4n) is 2.63. The van der Waals surface area contributed by atoms with Crippen LogP contribution in [0.1, 0.15) is 24.9 Å². The Hall–Kier alpha value is -1.34. The number of rotatable bonds is 4. The van der Waals surface area contributed by atoms with Crippen LogP contribution in [0.15, 0.2) is 18.2 Å². The van der Waals surface area contributed by atoms with Crippen LogP contribution in [0, 0.1) is 5.82 Å². The number of halogens is 4. The van der Waals surface area contributed by atoms with E-state index in [-0.39, 0.29) is 6.04 Å². The van der Waals surface area contributed by atoms with E-state index >= 15 is 0 Å². The minimum absolute atomic E-state index is 0.00142. The van der Waals surface area contributed by atoms with Gasteiger partial charge in [0.1, 0.15) is 0 Å². The number of alkyl halides is 3. The van der Waals surface area contributed by atoms with Gasteiger partial charge in [-0.2, -0.15) is 0 Å². The SMILES string of the molecule is CC[C@@H](c1ccc(OC(F)(F)F)c(F)c1)N1CCNCC1. The molecule has 0 radical (unpaired) electrons. The van der Waals surface area contributed by atoms with E-state index in [1.54, 1.807) is 0 Å². The lowest BCUT2D eigenvalue weighted by Crippen LogP contribution is -2.45. The first-order valence-electron chi connectivity index (χ1n) is 6.90. The molecule has 1 fully saturated rings. The summed E-state index contributed by atoms with van der Waals surface area (Å²) in [5.74, 6) is -1.78. The molecule has 1 aromatic carbocycles. The number of piperazine rings is 1. The molecule has 0 spiro atoms. The van der Waals surface area contributed by atoms with E-state index in [0.717, 1.165) is 44.7 Å². The smallest absolute Gasteiger partial charge is 0.403 e. The van der Waals surface area contributed by atoms with Crippen molar-refractivity contribution in [2.24, 2.45) is 0 Å². The lowest BCUT2D eigenvalue weighted by atomic mass is 10.0. The highest BCUT2D eigenvalue weighted by Gasteiger charge is 2.32. The van der Waals surface area contributed by atoms with Crippen molar-refractivity contribution in [3.05, 3.63) is 29.6 Å². The number of hydrogen-bond acceptors (Lipinski definition) is 3. The third-order valence-electron chi connectivity index (χ3n) is 3.55. The molecule has 118 valence electrons. The third kappa shape index (κ3) is 4.31. The Kier molecular flexibility index (Phi) is 5.05. The van der Waals surface area contributed by atoms with Crippen LogP contribution < -0.4 is 10.1 Å². The molecule has 1 aliphatic heterocycles. The summed E-state index contributed by atoms with van der Waals surface area (Å²) in [6.45, 7) is 5.36. The zero-order valence-electron chi connectivity index (χ0n) is 11.7. The molecule has 1 heterocycles. The van der Waals surface area contributed by atoms with Crippen molar-refractivity contribution >= 4 is 0 Å². The molecular weight excluding hydrogens is 288 g/mol. The fraction of sp³-hybridized carbons (Fsp3) is 0.571. The summed E-state index contributed by atoms with van der Waals surface area (Å²) in [5, 5.41) is 3.23. The van der Waals surface area contributed by atoms with Gasteiger partial charge in [0.2, 0.25) is 0 Å². The Labute approximate surface area is 120 Å². The Morgan fingerprint density at radius 2 is 1.95 bits per heavy atom. The van der Waals surface area contributed by atoms with Crippen molar-refractivity contribution in [1.29, 1.82) is 0 Å². The van der Waals surface area contributed by atoms with Gasteiger partial charge in [0.25, 0.3) is 0 Å². The van der Waals surface area contributed by atoms with E-state index in [1.165, 1.54) is 6.07 Å². The highest BCUT2D eigenvalue weighted by Crippen LogP contribution is 2.30. The van der Waals surface area contributed by atoms with Crippen LogP contribution in [0.2, 0.25) is 0 Å². The number of ether oxygens (including phenoxy) is 1. The molecule has 1 atom stereocenters. The molecule has 0 aromatic heterocycles. The molecule has 0 saturated carbocycles. The summed E-state index contributed by atoms with van der Waals surface area (Å²) in [4.78, 5) is 2.20. The predicted octanol–water partition coefficient (Wildman–Crippen LogP) is 3.08. The van der Waals surface area contributed by atoms with Crippen LogP contribution in [0.4, 0.5) is 17.6 Å². The predicted molar refractivity (Wildman–Crippen MR) is 70.6 cm³/mol. The Balaban J connectivity index is 2.17. The average Bonchev–Trinajstić information content (AvgIpc) is 2.42. The molecule has 1 aliphatic rings. The van der Waals surface area contributed by atoms with E-state index in [2.05, 4.69) is 15.0 Å². The Bertz CT molecular complexity index is 473. The van der Waals surface area contributed by atoms with Gasteiger partial charge in [0, 0.05) is 32.2 Å². The van der Waals surface area contributed by atoms with Crippen molar-refractivity contribution in [2.45, 2.75) is 25.7 Å². The molecule has 1 aromatic rings. The van der Waals surface area contributed by atoms with Gasteiger partial charge in [-0.05, 0) is 24.1 Å². The van der Waals surface area contributed by atoms with Crippen LogP contribution in [0.3, 0.4) is 0 Å². The van der Waals surface area contributed by atoms with E-state index < -0.39 is 17.9 Å². The number of nitrogens with one attached hydrogen (secondary N) is 1. The molecule has 1 N–H and O–H groups in total. The standard InChI is InChI=1S/C14H18F4N2O/c1-2-12(20-7-5-19-6-8-20)10-3-4-13(11(15)9-10)21-14(16,17)18/h3-4,9,12,19H,2,5-8H2,1H3/t12-/m0/s1. The highest BCUT2D eigenvalue weighted by molar-refractivity contribution is 5.31. The Morgan fingerprint density at radius 3 is 2.48 bits per heavy atom. The number of hydrogen-bond donors (Lipinski definition) is 1. The molecule has 1 saturated heterocycles. The van der Waals surface area contributed by atoms with Gasteiger partial charge >= 0.3 is 6.36 Å². The van der Waals surface area contributed by atoms with E-state index in [0.29, 0.717) is 5.56 Å². The first-order valence-corrected chi connectivity index (χ1v) is 6.90. The summed E-state index contributed by atoms with van der Waals surface area (Å²) in [7, 11) is 0. The second-order valence-corrected chi connectivity index (χ2v) is 4.95. The van der Waals surface area contributed by atoms with Gasteiger partial charge in [-0.25, -0.2) is 4.39 Å². The maximum absolute atomic E-state index is 13.8. The zero-order valence-corrected chi connectivity index (χ0v) is 11.7. The van der Waals surface area contributed by atoms with Crippen molar-refractivity contribution in [1.82, 2.24) is 10.2 Å². The van der Waals surface area contributed by atoms with Gasteiger partial charge in [0.15, 0.2) is 11.6 Å². The van der Waals surface area contributed by atoms with Crippen LogP contribution in [0.25, 0.3) is 0 Å². The first-order chi connectivity index (χ1) is 9.90. The normalized spacial score (nSPS) is 18.5. The van der Waals surface area contributed by atoms with Gasteiger partial charge < -0.3 is 10.1 Å². The monoisotopic (exact) mass is 306 g/mol. The molecule has 21 heavy (non-hydrogen) atoms. The average molecular weight is 306 g/mol. The summed E-state index contributed by atoms with van der Waals surface area (Å²) in [6, 6.07) is 3.68. The molecule has 0 bridgehead atoms. The van der Waals surface area contributed by atoms with E-state index in [4.69, 9.17) is 0 Å². The van der Waals surface area contributed by atoms with Gasteiger partial charge in [-0.3, -0.25) is 4.90 Å². The van der Waals surface area contributed by atoms with Crippen LogP contribution >= 0.6 is 0 Å². The van der Waals surface area contributed by atoms with Crippen molar-refractivity contribution in [3.63, 3.8) is 0 Å². The molecule has 0 aliphatic carbocycles. The molecule has 0 amide bonds. The van der Waals surface area contributed by atoms with Gasteiger partial charge in [-0.15, -0.1) is 13.2 Å². The molecule has 0 unspecified atom stereocenters. The van der Waals surface area contributed by atoms with E-state index in [1.807, 2.05) is 6.92 Å². The Morgan fingerprint density at radius 1 is 1.29 bits per heavy atom. The highest BCUT2D eigenvalue weighted by atomic mass is 19.4. The lowest BCUT2D eigenvalue weighted by Gasteiger charge is -2.34.